The molecule has 28 heavy (non-hydrogen) atoms. The van der Waals surface area contributed by atoms with Gasteiger partial charge in [0.05, 0.1) is 24.8 Å². The first kappa shape index (κ1) is 21.3. The molecule has 0 saturated carbocycles. The van der Waals surface area contributed by atoms with E-state index in [0.29, 0.717) is 5.56 Å². The highest BCUT2D eigenvalue weighted by atomic mass is 32.2. The van der Waals surface area contributed by atoms with Gasteiger partial charge in [-0.1, -0.05) is 18.2 Å². The maximum absolute atomic E-state index is 12.3. The summed E-state index contributed by atoms with van der Waals surface area (Å²) in [6, 6.07) is 11.7. The van der Waals surface area contributed by atoms with Crippen LogP contribution in [0.1, 0.15) is 5.56 Å². The maximum atomic E-state index is 12.3. The summed E-state index contributed by atoms with van der Waals surface area (Å²) in [6.07, 6.45) is 1.23. The van der Waals surface area contributed by atoms with E-state index in [4.69, 9.17) is 4.74 Å². The largest absolute Gasteiger partial charge is 0.493 e. The van der Waals surface area contributed by atoms with Crippen molar-refractivity contribution in [2.45, 2.75) is 11.5 Å². The summed E-state index contributed by atoms with van der Waals surface area (Å²) in [5.74, 6) is -0.777. The summed E-state index contributed by atoms with van der Waals surface area (Å²) < 4.78 is 60.0. The van der Waals surface area contributed by atoms with Crippen molar-refractivity contribution in [3.63, 3.8) is 0 Å². The molecule has 2 aromatic carbocycles. The molecule has 0 saturated heterocycles. The lowest BCUT2D eigenvalue weighted by Crippen LogP contribution is -2.34. The molecule has 0 aromatic heterocycles. The number of carbonyl (C=O) groups excluding carboxylic acids is 1. The molecule has 0 fully saturated rings. The van der Waals surface area contributed by atoms with Crippen LogP contribution in [0.2, 0.25) is 0 Å². The Kier molecular flexibility index (Phi) is 7.41. The number of sulfonamides is 1. The molecule has 0 spiro atoms. The number of hydrazone groups is 1. The van der Waals surface area contributed by atoms with Crippen molar-refractivity contribution >= 4 is 22.1 Å². The van der Waals surface area contributed by atoms with Gasteiger partial charge in [0.2, 0.25) is 10.0 Å². The molecule has 2 N–H and O–H groups in total. The highest BCUT2D eigenvalue weighted by molar-refractivity contribution is 7.89. The molecule has 11 heteroatoms. The van der Waals surface area contributed by atoms with Gasteiger partial charge in [0.1, 0.15) is 0 Å². The number of nitrogens with one attached hydrogen (secondary N) is 2. The monoisotopic (exact) mass is 413 g/mol. The van der Waals surface area contributed by atoms with Crippen molar-refractivity contribution in [2.24, 2.45) is 5.10 Å². The van der Waals surface area contributed by atoms with Crippen LogP contribution in [0.25, 0.3) is 0 Å². The zero-order valence-corrected chi connectivity index (χ0v) is 15.4. The van der Waals surface area contributed by atoms with Crippen LogP contribution < -0.4 is 19.6 Å². The number of carbonyl (C=O) groups is 1. The summed E-state index contributed by atoms with van der Waals surface area (Å²) in [4.78, 5) is 11.8. The number of hydrogen-bond acceptors (Lipinski definition) is 6. The molecule has 2 aromatic rings. The Bertz CT molecular complexity index is 937. The van der Waals surface area contributed by atoms with Crippen LogP contribution >= 0.6 is 0 Å². The number of halogens is 2. The Hall–Kier alpha value is -3.05. The smallest absolute Gasteiger partial charge is 0.387 e. The fourth-order valence-electron chi connectivity index (χ4n) is 2.02. The van der Waals surface area contributed by atoms with E-state index in [1.807, 2.05) is 0 Å². The maximum Gasteiger partial charge on any atom is 0.387 e. The van der Waals surface area contributed by atoms with Crippen molar-refractivity contribution in [1.29, 1.82) is 0 Å². The predicted octanol–water partition coefficient (Wildman–Crippen LogP) is 1.73. The van der Waals surface area contributed by atoms with Gasteiger partial charge in [-0.15, -0.1) is 0 Å². The van der Waals surface area contributed by atoms with Crippen LogP contribution in [0.4, 0.5) is 8.78 Å². The molecule has 0 unspecified atom stereocenters. The van der Waals surface area contributed by atoms with Crippen LogP contribution in [0.15, 0.2) is 58.5 Å². The number of ether oxygens (including phenoxy) is 2. The SMILES string of the molecule is COc1cc(/C=N\NC(=O)CNS(=O)(=O)c2ccccc2)ccc1OC(F)F. The highest BCUT2D eigenvalue weighted by Crippen LogP contribution is 2.28. The molecular formula is C17H17F2N3O5S. The Morgan fingerprint density at radius 2 is 1.89 bits per heavy atom. The fraction of sp³-hybridized carbons (Fsp3) is 0.176. The molecule has 1 amide bonds. The Balaban J connectivity index is 1.91. The molecule has 0 heterocycles. The van der Waals surface area contributed by atoms with Gasteiger partial charge in [-0.2, -0.15) is 13.9 Å². The third-order valence-corrected chi connectivity index (χ3v) is 4.70. The van der Waals surface area contributed by atoms with Gasteiger partial charge in [0, 0.05) is 0 Å². The van der Waals surface area contributed by atoms with Crippen LogP contribution in [-0.4, -0.2) is 40.8 Å². The first-order chi connectivity index (χ1) is 13.3. The number of hydrogen-bond donors (Lipinski definition) is 2. The van der Waals surface area contributed by atoms with Crippen LogP contribution in [0.3, 0.4) is 0 Å². The van der Waals surface area contributed by atoms with E-state index in [0.717, 1.165) is 0 Å². The Morgan fingerprint density at radius 3 is 2.54 bits per heavy atom. The zero-order chi connectivity index (χ0) is 20.6. The minimum absolute atomic E-state index is 0.0319. The fourth-order valence-corrected chi connectivity index (χ4v) is 3.02. The number of alkyl halides is 2. The van der Waals surface area contributed by atoms with E-state index in [-0.39, 0.29) is 16.4 Å². The Labute approximate surface area is 160 Å². The number of rotatable bonds is 9. The second kappa shape index (κ2) is 9.76. The van der Waals surface area contributed by atoms with Crippen LogP contribution in [0, 0.1) is 0 Å². The number of nitrogens with zero attached hydrogens (tertiary/aromatic N) is 1. The Morgan fingerprint density at radius 1 is 1.18 bits per heavy atom. The lowest BCUT2D eigenvalue weighted by molar-refractivity contribution is -0.119. The van der Waals surface area contributed by atoms with Gasteiger partial charge in [0.15, 0.2) is 11.5 Å². The molecule has 0 radical (unpaired) electrons. The summed E-state index contributed by atoms with van der Waals surface area (Å²) in [7, 11) is -2.52. The van der Waals surface area contributed by atoms with E-state index >= 15 is 0 Å². The minimum Gasteiger partial charge on any atom is -0.493 e. The summed E-state index contributed by atoms with van der Waals surface area (Å²) in [5.41, 5.74) is 2.58. The molecule has 8 nitrogen and oxygen atoms in total. The molecule has 0 aliphatic rings. The van der Waals surface area contributed by atoms with Gasteiger partial charge >= 0.3 is 6.61 Å². The third-order valence-electron chi connectivity index (χ3n) is 3.28. The summed E-state index contributed by atoms with van der Waals surface area (Å²) >= 11 is 0. The lowest BCUT2D eigenvalue weighted by Gasteiger charge is -2.10. The second-order valence-corrected chi connectivity index (χ2v) is 6.99. The van der Waals surface area contributed by atoms with E-state index in [1.54, 1.807) is 18.2 Å². The van der Waals surface area contributed by atoms with Crippen molar-refractivity contribution in [1.82, 2.24) is 10.1 Å². The van der Waals surface area contributed by atoms with Crippen molar-refractivity contribution < 1.29 is 31.5 Å². The standard InChI is InChI=1S/C17H17F2N3O5S/c1-26-15-9-12(7-8-14(15)27-17(18)19)10-20-22-16(23)11-21-28(24,25)13-5-3-2-4-6-13/h2-10,17,21H,11H2,1H3,(H,22,23)/b20-10-. The quantitative estimate of drug-likeness (QED) is 0.481. The van der Waals surface area contributed by atoms with E-state index in [2.05, 4.69) is 20.0 Å². The topological polar surface area (TPSA) is 106 Å². The average molecular weight is 413 g/mol. The molecule has 0 aliphatic carbocycles. The van der Waals surface area contributed by atoms with E-state index in [9.17, 15) is 22.0 Å². The van der Waals surface area contributed by atoms with E-state index < -0.39 is 29.1 Å². The van der Waals surface area contributed by atoms with Crippen LogP contribution in [0.5, 0.6) is 11.5 Å². The van der Waals surface area contributed by atoms with Gasteiger partial charge in [-0.05, 0) is 35.9 Å². The van der Waals surface area contributed by atoms with Crippen molar-refractivity contribution in [3.8, 4) is 11.5 Å². The predicted molar refractivity (Wildman–Crippen MR) is 97.0 cm³/mol. The average Bonchev–Trinajstić information content (AvgIpc) is 2.68. The highest BCUT2D eigenvalue weighted by Gasteiger charge is 2.14. The van der Waals surface area contributed by atoms with Gasteiger partial charge in [0.25, 0.3) is 5.91 Å². The summed E-state index contributed by atoms with van der Waals surface area (Å²) in [5, 5.41) is 3.68. The van der Waals surface area contributed by atoms with Gasteiger partial charge < -0.3 is 9.47 Å². The number of benzene rings is 2. The van der Waals surface area contributed by atoms with Gasteiger partial charge in [-0.25, -0.2) is 18.6 Å². The lowest BCUT2D eigenvalue weighted by atomic mass is 10.2. The zero-order valence-electron chi connectivity index (χ0n) is 14.6. The molecule has 0 aliphatic heterocycles. The second-order valence-electron chi connectivity index (χ2n) is 5.22. The molecule has 0 bridgehead atoms. The van der Waals surface area contributed by atoms with Gasteiger partial charge in [-0.3, -0.25) is 4.79 Å². The minimum atomic E-state index is -3.81. The first-order valence-corrected chi connectivity index (χ1v) is 9.29. The molecule has 0 atom stereocenters. The molecule has 150 valence electrons. The summed E-state index contributed by atoms with van der Waals surface area (Å²) in [6.45, 7) is -3.51. The first-order valence-electron chi connectivity index (χ1n) is 7.81. The van der Waals surface area contributed by atoms with E-state index in [1.165, 1.54) is 43.7 Å². The molecular weight excluding hydrogens is 396 g/mol. The molecule has 2 rings (SSSR count). The number of methoxy groups -OCH3 is 1. The van der Waals surface area contributed by atoms with Crippen LogP contribution in [-0.2, 0) is 14.8 Å². The number of amides is 1. The normalized spacial score (nSPS) is 11.6. The van der Waals surface area contributed by atoms with Crippen molar-refractivity contribution in [3.05, 3.63) is 54.1 Å². The van der Waals surface area contributed by atoms with Crippen molar-refractivity contribution in [2.75, 3.05) is 13.7 Å². The third kappa shape index (κ3) is 6.28.